The van der Waals surface area contributed by atoms with Crippen LogP contribution in [0.15, 0.2) is 34.3 Å². The molecule has 0 radical (unpaired) electrons. The van der Waals surface area contributed by atoms with Gasteiger partial charge in [-0.05, 0) is 62.5 Å². The van der Waals surface area contributed by atoms with Gasteiger partial charge in [0.15, 0.2) is 0 Å². The number of aryl methyl sites for hydroxylation is 1. The highest BCUT2D eigenvalue weighted by Gasteiger charge is 2.56. The minimum Gasteiger partial charge on any atom is -0.200 e. The molecule has 0 unspecified atom stereocenters. The van der Waals surface area contributed by atoms with Gasteiger partial charge in [0, 0.05) is 11.6 Å². The van der Waals surface area contributed by atoms with Crippen molar-refractivity contribution in [1.82, 2.24) is 4.83 Å². The van der Waals surface area contributed by atoms with E-state index in [0.717, 1.165) is 23.6 Å². The van der Waals surface area contributed by atoms with Gasteiger partial charge in [-0.25, -0.2) is 4.83 Å². The van der Waals surface area contributed by atoms with Gasteiger partial charge >= 0.3 is 0 Å². The number of benzene rings is 1. The molecule has 3 aliphatic rings. The first-order chi connectivity index (χ1) is 10.5. The van der Waals surface area contributed by atoms with Crippen LogP contribution in [0.1, 0.15) is 44.1 Å². The molecule has 0 amide bonds. The number of nitrogens with one attached hydrogen (secondary N) is 1. The molecule has 0 saturated heterocycles. The topological polar surface area (TPSA) is 58.5 Å². The summed E-state index contributed by atoms with van der Waals surface area (Å²) in [6.07, 6.45) is 7.46. The van der Waals surface area contributed by atoms with Crippen LogP contribution < -0.4 is 4.83 Å². The number of hydrogen-bond donors (Lipinski definition) is 1. The monoisotopic (exact) mass is 318 g/mol. The van der Waals surface area contributed by atoms with Gasteiger partial charge in [0.2, 0.25) is 0 Å². The first kappa shape index (κ1) is 14.2. The fraction of sp³-hybridized carbons (Fsp3) is 0.588. The van der Waals surface area contributed by atoms with Gasteiger partial charge in [0.25, 0.3) is 10.0 Å². The van der Waals surface area contributed by atoms with Crippen LogP contribution in [0.4, 0.5) is 0 Å². The summed E-state index contributed by atoms with van der Waals surface area (Å²) in [6.45, 7) is 1.94. The maximum atomic E-state index is 12.3. The molecule has 5 heteroatoms. The third-order valence-corrected chi connectivity index (χ3v) is 7.12. The molecule has 4 rings (SSSR count). The molecule has 3 saturated carbocycles. The van der Waals surface area contributed by atoms with Crippen molar-refractivity contribution in [3.63, 3.8) is 0 Å². The highest BCUT2D eigenvalue weighted by Crippen LogP contribution is 2.63. The molecular formula is C17H22N2O2S. The van der Waals surface area contributed by atoms with E-state index in [4.69, 9.17) is 0 Å². The number of fused-ring (bicyclic) bond motifs is 3. The van der Waals surface area contributed by atoms with E-state index in [1.54, 1.807) is 12.1 Å². The minimum absolute atomic E-state index is 0.281. The lowest BCUT2D eigenvalue weighted by Crippen LogP contribution is -2.39. The van der Waals surface area contributed by atoms with Gasteiger partial charge in [-0.1, -0.05) is 24.1 Å². The van der Waals surface area contributed by atoms with E-state index < -0.39 is 10.0 Å². The second-order valence-electron chi connectivity index (χ2n) is 7.29. The van der Waals surface area contributed by atoms with Gasteiger partial charge in [-0.2, -0.15) is 13.5 Å². The normalized spacial score (nSPS) is 30.7. The molecule has 4 nitrogen and oxygen atoms in total. The lowest BCUT2D eigenvalue weighted by Gasteiger charge is -2.45. The largest absolute Gasteiger partial charge is 0.276 e. The van der Waals surface area contributed by atoms with Crippen LogP contribution >= 0.6 is 0 Å². The third kappa shape index (κ3) is 2.18. The van der Waals surface area contributed by atoms with Crippen molar-refractivity contribution in [1.29, 1.82) is 0 Å². The molecule has 22 heavy (non-hydrogen) atoms. The molecular weight excluding hydrogens is 296 g/mol. The number of rotatable bonds is 3. The van der Waals surface area contributed by atoms with Crippen LogP contribution in [-0.4, -0.2) is 14.1 Å². The van der Waals surface area contributed by atoms with E-state index in [-0.39, 0.29) is 4.90 Å². The molecule has 2 atom stereocenters. The molecule has 0 aromatic heterocycles. The van der Waals surface area contributed by atoms with Crippen LogP contribution in [0.5, 0.6) is 0 Å². The Morgan fingerprint density at radius 3 is 2.55 bits per heavy atom. The minimum atomic E-state index is -3.54. The van der Waals surface area contributed by atoms with Crippen molar-refractivity contribution in [3.8, 4) is 0 Å². The van der Waals surface area contributed by atoms with E-state index in [9.17, 15) is 8.42 Å². The van der Waals surface area contributed by atoms with Crippen molar-refractivity contribution < 1.29 is 8.42 Å². The molecule has 0 aliphatic heterocycles. The fourth-order valence-electron chi connectivity index (χ4n) is 4.66. The molecule has 3 aliphatic carbocycles. The van der Waals surface area contributed by atoms with Gasteiger partial charge in [-0.15, -0.1) is 0 Å². The van der Waals surface area contributed by atoms with E-state index in [0.29, 0.717) is 11.3 Å². The summed E-state index contributed by atoms with van der Waals surface area (Å²) >= 11 is 0. The lowest BCUT2D eigenvalue weighted by atomic mass is 9.59. The number of hydrazone groups is 1. The Labute approximate surface area is 132 Å². The highest BCUT2D eigenvalue weighted by molar-refractivity contribution is 7.89. The van der Waals surface area contributed by atoms with Crippen LogP contribution in [0, 0.1) is 24.2 Å². The van der Waals surface area contributed by atoms with Crippen LogP contribution in [0.3, 0.4) is 0 Å². The Balaban J connectivity index is 1.53. The highest BCUT2D eigenvalue weighted by atomic mass is 32.2. The van der Waals surface area contributed by atoms with E-state index in [1.807, 2.05) is 19.1 Å². The SMILES string of the molecule is Cc1ccc(S(=O)(=O)N/N=C2/C[C@@H]3C[C@H]2C2(CCC2)C3)cc1. The Kier molecular flexibility index (Phi) is 3.12. The maximum absolute atomic E-state index is 12.3. The van der Waals surface area contributed by atoms with Gasteiger partial charge < -0.3 is 0 Å². The Morgan fingerprint density at radius 1 is 1.23 bits per heavy atom. The number of nitrogens with zero attached hydrogens (tertiary/aromatic N) is 1. The van der Waals surface area contributed by atoms with Crippen molar-refractivity contribution in [2.24, 2.45) is 22.4 Å². The quantitative estimate of drug-likeness (QED) is 0.870. The van der Waals surface area contributed by atoms with E-state index >= 15 is 0 Å². The standard InChI is InChI=1S/C17H22N2O2S/c1-12-3-5-14(6-4-12)22(20,21)19-18-16-10-13-9-15(16)17(11-13)7-2-8-17/h3-6,13,15,19H,2,7-11H2,1H3/b18-16-/t13-,15+/m0/s1. The molecule has 3 fully saturated rings. The van der Waals surface area contributed by atoms with Crippen molar-refractivity contribution >= 4 is 15.7 Å². The Morgan fingerprint density at radius 2 is 1.95 bits per heavy atom. The van der Waals surface area contributed by atoms with Crippen LogP contribution in [0.2, 0.25) is 0 Å². The molecule has 1 aromatic rings. The van der Waals surface area contributed by atoms with Gasteiger partial charge in [0.1, 0.15) is 0 Å². The summed E-state index contributed by atoms with van der Waals surface area (Å²) in [5, 5.41) is 4.33. The summed E-state index contributed by atoms with van der Waals surface area (Å²) in [6, 6.07) is 6.88. The predicted octanol–water partition coefficient (Wildman–Crippen LogP) is 3.23. The van der Waals surface area contributed by atoms with Gasteiger partial charge in [0.05, 0.1) is 4.90 Å². The zero-order chi connectivity index (χ0) is 15.4. The van der Waals surface area contributed by atoms with Gasteiger partial charge in [-0.3, -0.25) is 0 Å². The Hall–Kier alpha value is -1.36. The van der Waals surface area contributed by atoms with Crippen molar-refractivity contribution in [2.45, 2.75) is 50.3 Å². The first-order valence-corrected chi connectivity index (χ1v) is 9.62. The summed E-state index contributed by atoms with van der Waals surface area (Å²) in [5.74, 6) is 1.25. The molecule has 0 heterocycles. The Bertz CT molecular complexity index is 718. The predicted molar refractivity (Wildman–Crippen MR) is 86.1 cm³/mol. The lowest BCUT2D eigenvalue weighted by molar-refractivity contribution is 0.0999. The molecule has 118 valence electrons. The molecule has 1 spiro atoms. The molecule has 2 bridgehead atoms. The average Bonchev–Trinajstić information content (AvgIpc) is 3.02. The zero-order valence-electron chi connectivity index (χ0n) is 12.9. The maximum Gasteiger partial charge on any atom is 0.276 e. The molecule has 1 aromatic carbocycles. The fourth-order valence-corrected chi connectivity index (χ4v) is 5.50. The van der Waals surface area contributed by atoms with Crippen molar-refractivity contribution in [3.05, 3.63) is 29.8 Å². The number of hydrogen-bond acceptors (Lipinski definition) is 3. The van der Waals surface area contributed by atoms with E-state index in [1.165, 1.54) is 32.1 Å². The third-order valence-electron chi connectivity index (χ3n) is 5.89. The first-order valence-electron chi connectivity index (χ1n) is 8.13. The smallest absolute Gasteiger partial charge is 0.200 e. The number of sulfonamides is 1. The summed E-state index contributed by atoms with van der Waals surface area (Å²) in [7, 11) is -3.54. The average molecular weight is 318 g/mol. The zero-order valence-corrected chi connectivity index (χ0v) is 13.7. The summed E-state index contributed by atoms with van der Waals surface area (Å²) < 4.78 is 24.7. The van der Waals surface area contributed by atoms with Crippen molar-refractivity contribution in [2.75, 3.05) is 0 Å². The van der Waals surface area contributed by atoms with Crippen LogP contribution in [-0.2, 0) is 10.0 Å². The van der Waals surface area contributed by atoms with Crippen LogP contribution in [0.25, 0.3) is 0 Å². The molecule has 1 N–H and O–H groups in total. The second-order valence-corrected chi connectivity index (χ2v) is 8.95. The second kappa shape index (κ2) is 4.82. The van der Waals surface area contributed by atoms with E-state index in [2.05, 4.69) is 9.93 Å². The summed E-state index contributed by atoms with van der Waals surface area (Å²) in [5.41, 5.74) is 2.61. The summed E-state index contributed by atoms with van der Waals surface area (Å²) in [4.78, 5) is 2.75.